The third-order valence-electron chi connectivity index (χ3n) is 2.57. The number of hydrogen-bond donors (Lipinski definition) is 1. The van der Waals surface area contributed by atoms with Crippen molar-refractivity contribution in [3.63, 3.8) is 0 Å². The van der Waals surface area contributed by atoms with Gasteiger partial charge in [0, 0.05) is 19.2 Å². The van der Waals surface area contributed by atoms with Gasteiger partial charge in [-0.15, -0.1) is 0 Å². The van der Waals surface area contributed by atoms with Gasteiger partial charge in [0.25, 0.3) is 5.91 Å². The van der Waals surface area contributed by atoms with E-state index in [0.29, 0.717) is 6.54 Å². The predicted octanol–water partition coefficient (Wildman–Crippen LogP) is 1.84. The van der Waals surface area contributed by atoms with Gasteiger partial charge in [0.05, 0.1) is 15.7 Å². The summed E-state index contributed by atoms with van der Waals surface area (Å²) in [7, 11) is 0. The number of thiophene rings is 1. The Hall–Kier alpha value is -1.96. The SMILES string of the molecule is CCN(CC(C)C(=O)O)C(=O)c1ccc([N+](=O)[O-])s1. The van der Waals surface area contributed by atoms with Crippen LogP contribution in [0.3, 0.4) is 0 Å². The van der Waals surface area contributed by atoms with E-state index < -0.39 is 16.8 Å². The van der Waals surface area contributed by atoms with E-state index in [-0.39, 0.29) is 22.3 Å². The van der Waals surface area contributed by atoms with Gasteiger partial charge in [0.2, 0.25) is 0 Å². The molecule has 8 heteroatoms. The van der Waals surface area contributed by atoms with Gasteiger partial charge in [-0.3, -0.25) is 19.7 Å². The van der Waals surface area contributed by atoms with Gasteiger partial charge in [0.15, 0.2) is 0 Å². The molecule has 0 aliphatic carbocycles. The van der Waals surface area contributed by atoms with Gasteiger partial charge in [-0.1, -0.05) is 18.3 Å². The Kier molecular flexibility index (Phi) is 4.99. The molecule has 0 aliphatic heterocycles. The van der Waals surface area contributed by atoms with Crippen LogP contribution in [0.2, 0.25) is 0 Å². The summed E-state index contributed by atoms with van der Waals surface area (Å²) < 4.78 is 0. The molecule has 0 aliphatic rings. The number of nitrogens with zero attached hydrogens (tertiary/aromatic N) is 2. The molecule has 0 bridgehead atoms. The smallest absolute Gasteiger partial charge is 0.324 e. The lowest BCUT2D eigenvalue weighted by molar-refractivity contribution is -0.380. The monoisotopic (exact) mass is 286 g/mol. The molecule has 1 aromatic heterocycles. The number of carboxylic acids is 1. The second kappa shape index (κ2) is 6.28. The van der Waals surface area contributed by atoms with E-state index in [0.717, 1.165) is 11.3 Å². The van der Waals surface area contributed by atoms with Crippen LogP contribution in [0.4, 0.5) is 5.00 Å². The first-order valence-electron chi connectivity index (χ1n) is 5.63. The van der Waals surface area contributed by atoms with Gasteiger partial charge < -0.3 is 10.0 Å². The van der Waals surface area contributed by atoms with Crippen LogP contribution >= 0.6 is 11.3 Å². The molecule has 104 valence electrons. The first kappa shape index (κ1) is 15.1. The maximum atomic E-state index is 12.1. The third kappa shape index (κ3) is 3.75. The maximum Gasteiger partial charge on any atom is 0.324 e. The van der Waals surface area contributed by atoms with Gasteiger partial charge in [-0.25, -0.2) is 0 Å². The fourth-order valence-corrected chi connectivity index (χ4v) is 2.25. The number of nitro groups is 1. The van der Waals surface area contributed by atoms with Crippen molar-refractivity contribution in [1.82, 2.24) is 4.90 Å². The third-order valence-corrected chi connectivity index (χ3v) is 3.59. The van der Waals surface area contributed by atoms with Crippen LogP contribution in [-0.4, -0.2) is 39.9 Å². The van der Waals surface area contributed by atoms with Crippen LogP contribution in [0.15, 0.2) is 12.1 Å². The van der Waals surface area contributed by atoms with Crippen LogP contribution in [0.25, 0.3) is 0 Å². The molecule has 0 saturated carbocycles. The van der Waals surface area contributed by atoms with Crippen molar-refractivity contribution < 1.29 is 19.6 Å². The minimum atomic E-state index is -0.983. The minimum Gasteiger partial charge on any atom is -0.481 e. The second-order valence-electron chi connectivity index (χ2n) is 3.98. The number of amides is 1. The predicted molar refractivity (Wildman–Crippen MR) is 69.4 cm³/mol. The largest absolute Gasteiger partial charge is 0.481 e. The maximum absolute atomic E-state index is 12.1. The van der Waals surface area contributed by atoms with Gasteiger partial charge in [-0.05, 0) is 13.0 Å². The van der Waals surface area contributed by atoms with E-state index in [4.69, 9.17) is 5.11 Å². The quantitative estimate of drug-likeness (QED) is 0.635. The lowest BCUT2D eigenvalue weighted by Crippen LogP contribution is -2.36. The number of rotatable bonds is 6. The highest BCUT2D eigenvalue weighted by Gasteiger charge is 2.23. The van der Waals surface area contributed by atoms with Crippen molar-refractivity contribution in [2.75, 3.05) is 13.1 Å². The fraction of sp³-hybridized carbons (Fsp3) is 0.455. The summed E-state index contributed by atoms with van der Waals surface area (Å²) in [6, 6.07) is 2.66. The summed E-state index contributed by atoms with van der Waals surface area (Å²) in [5, 5.41) is 19.3. The Morgan fingerprint density at radius 2 is 2.16 bits per heavy atom. The van der Waals surface area contributed by atoms with E-state index in [9.17, 15) is 19.7 Å². The zero-order valence-corrected chi connectivity index (χ0v) is 11.3. The molecular formula is C11H14N2O5S. The Morgan fingerprint density at radius 1 is 1.53 bits per heavy atom. The first-order valence-corrected chi connectivity index (χ1v) is 6.44. The summed E-state index contributed by atoms with van der Waals surface area (Å²) in [6.45, 7) is 3.67. The lowest BCUT2D eigenvalue weighted by Gasteiger charge is -2.22. The average Bonchev–Trinajstić information content (AvgIpc) is 2.84. The van der Waals surface area contributed by atoms with Crippen LogP contribution in [0.5, 0.6) is 0 Å². The Balaban J connectivity index is 2.83. The molecule has 0 radical (unpaired) electrons. The zero-order chi connectivity index (χ0) is 14.6. The lowest BCUT2D eigenvalue weighted by atomic mass is 10.1. The molecule has 1 unspecified atom stereocenters. The van der Waals surface area contributed by atoms with Crippen molar-refractivity contribution in [2.24, 2.45) is 5.92 Å². The van der Waals surface area contributed by atoms with Crippen LogP contribution < -0.4 is 0 Å². The molecule has 0 spiro atoms. The summed E-state index contributed by atoms with van der Waals surface area (Å²) in [6.07, 6.45) is 0. The van der Waals surface area contributed by atoms with Gasteiger partial charge in [-0.2, -0.15) is 0 Å². The van der Waals surface area contributed by atoms with E-state index in [1.807, 2.05) is 0 Å². The molecule has 1 aromatic rings. The van der Waals surface area contributed by atoms with E-state index >= 15 is 0 Å². The molecule has 1 atom stereocenters. The molecule has 7 nitrogen and oxygen atoms in total. The molecule has 0 aromatic carbocycles. The fourth-order valence-electron chi connectivity index (χ4n) is 1.46. The van der Waals surface area contributed by atoms with Gasteiger partial charge in [0.1, 0.15) is 0 Å². The number of carbonyl (C=O) groups is 2. The number of hydrogen-bond acceptors (Lipinski definition) is 5. The highest BCUT2D eigenvalue weighted by molar-refractivity contribution is 7.17. The van der Waals surface area contributed by atoms with Crippen molar-refractivity contribution in [3.05, 3.63) is 27.1 Å². The molecule has 1 amide bonds. The summed E-state index contributed by atoms with van der Waals surface area (Å²) in [5.74, 6) is -2.05. The summed E-state index contributed by atoms with van der Waals surface area (Å²) >= 11 is 0.791. The van der Waals surface area contributed by atoms with Crippen molar-refractivity contribution in [2.45, 2.75) is 13.8 Å². The van der Waals surface area contributed by atoms with E-state index in [1.54, 1.807) is 6.92 Å². The highest BCUT2D eigenvalue weighted by atomic mass is 32.1. The molecule has 1 heterocycles. The molecular weight excluding hydrogens is 272 g/mol. The molecule has 1 N–H and O–H groups in total. The second-order valence-corrected chi connectivity index (χ2v) is 5.04. The number of carboxylic acid groups (broad SMARTS) is 1. The number of carbonyl (C=O) groups excluding carboxylic acids is 1. The Bertz CT molecular complexity index is 499. The summed E-state index contributed by atoms with van der Waals surface area (Å²) in [4.78, 5) is 34.5. The van der Waals surface area contributed by atoms with Crippen LogP contribution in [0, 0.1) is 16.0 Å². The highest BCUT2D eigenvalue weighted by Crippen LogP contribution is 2.25. The molecule has 0 saturated heterocycles. The first-order chi connectivity index (χ1) is 8.86. The standard InChI is InChI=1S/C11H14N2O5S/c1-3-12(6-7(2)11(15)16)10(14)8-4-5-9(19-8)13(17)18/h4-5,7H,3,6H2,1-2H3,(H,15,16). The van der Waals surface area contributed by atoms with Gasteiger partial charge >= 0.3 is 11.0 Å². The molecule has 1 rings (SSSR count). The Morgan fingerprint density at radius 3 is 2.58 bits per heavy atom. The Labute approximate surface area is 113 Å². The number of aliphatic carboxylic acids is 1. The molecule has 19 heavy (non-hydrogen) atoms. The van der Waals surface area contributed by atoms with Crippen molar-refractivity contribution in [1.29, 1.82) is 0 Å². The van der Waals surface area contributed by atoms with Crippen molar-refractivity contribution >= 4 is 28.2 Å². The molecule has 0 fully saturated rings. The normalized spacial score (nSPS) is 11.9. The zero-order valence-electron chi connectivity index (χ0n) is 10.5. The van der Waals surface area contributed by atoms with Crippen molar-refractivity contribution in [3.8, 4) is 0 Å². The van der Waals surface area contributed by atoms with Crippen LogP contribution in [-0.2, 0) is 4.79 Å². The van der Waals surface area contributed by atoms with E-state index in [2.05, 4.69) is 0 Å². The minimum absolute atomic E-state index is 0.0797. The topological polar surface area (TPSA) is 101 Å². The van der Waals surface area contributed by atoms with Crippen LogP contribution in [0.1, 0.15) is 23.5 Å². The van der Waals surface area contributed by atoms with E-state index in [1.165, 1.54) is 24.0 Å². The summed E-state index contributed by atoms with van der Waals surface area (Å²) in [5.41, 5.74) is 0. The average molecular weight is 286 g/mol.